The standard InChI is InChI=1S/C20H29F3N6O/c1-13-10-17(29-19(24-13)25-18(26-29)20(21,22)23)28-8-5-16(6-9-28)4-7-27-11-14(2)30-15(3)12-27/h10,14-16H,4-9,11-12H2,1-3H3. The van der Waals surface area contributed by atoms with Crippen LogP contribution in [0.2, 0.25) is 0 Å². The Balaban J connectivity index is 1.39. The minimum atomic E-state index is -4.58. The van der Waals surface area contributed by atoms with Gasteiger partial charge in [-0.2, -0.15) is 22.7 Å². The zero-order chi connectivity index (χ0) is 21.5. The number of fused-ring (bicyclic) bond motifs is 1. The summed E-state index contributed by atoms with van der Waals surface area (Å²) in [5.41, 5.74) is 0.635. The van der Waals surface area contributed by atoms with Crippen LogP contribution >= 0.6 is 0 Å². The largest absolute Gasteiger partial charge is 0.453 e. The number of aryl methyl sites for hydroxylation is 1. The summed E-state index contributed by atoms with van der Waals surface area (Å²) >= 11 is 0. The van der Waals surface area contributed by atoms with E-state index in [0.717, 1.165) is 52.0 Å². The molecule has 2 fully saturated rings. The van der Waals surface area contributed by atoms with E-state index < -0.39 is 12.0 Å². The van der Waals surface area contributed by atoms with Crippen molar-refractivity contribution in [1.82, 2.24) is 24.5 Å². The van der Waals surface area contributed by atoms with Gasteiger partial charge in [-0.15, -0.1) is 5.10 Å². The molecule has 2 atom stereocenters. The highest BCUT2D eigenvalue weighted by molar-refractivity contribution is 5.48. The molecule has 0 amide bonds. The lowest BCUT2D eigenvalue weighted by atomic mass is 9.93. The van der Waals surface area contributed by atoms with Gasteiger partial charge in [0, 0.05) is 37.9 Å². The van der Waals surface area contributed by atoms with Crippen LogP contribution < -0.4 is 4.90 Å². The van der Waals surface area contributed by atoms with Gasteiger partial charge in [0.25, 0.3) is 11.6 Å². The molecule has 10 heteroatoms. The number of morpholine rings is 1. The number of hydrogen-bond acceptors (Lipinski definition) is 6. The van der Waals surface area contributed by atoms with Crippen LogP contribution in [-0.4, -0.2) is 69.4 Å². The van der Waals surface area contributed by atoms with Gasteiger partial charge in [0.2, 0.25) is 0 Å². The molecule has 2 unspecified atom stereocenters. The monoisotopic (exact) mass is 426 g/mol. The number of anilines is 1. The predicted octanol–water partition coefficient (Wildman–Crippen LogP) is 3.17. The summed E-state index contributed by atoms with van der Waals surface area (Å²) in [4.78, 5) is 12.3. The van der Waals surface area contributed by atoms with Crippen LogP contribution in [0.3, 0.4) is 0 Å². The highest BCUT2D eigenvalue weighted by Crippen LogP contribution is 2.30. The lowest BCUT2D eigenvalue weighted by molar-refractivity contribution is -0.144. The Morgan fingerprint density at radius 2 is 1.77 bits per heavy atom. The molecule has 2 aromatic rings. The van der Waals surface area contributed by atoms with Gasteiger partial charge in [0.1, 0.15) is 5.82 Å². The van der Waals surface area contributed by atoms with E-state index in [9.17, 15) is 13.2 Å². The zero-order valence-electron chi connectivity index (χ0n) is 17.7. The van der Waals surface area contributed by atoms with E-state index in [1.54, 1.807) is 13.0 Å². The van der Waals surface area contributed by atoms with Crippen LogP contribution in [0.4, 0.5) is 19.0 Å². The van der Waals surface area contributed by atoms with Crippen molar-refractivity contribution in [2.24, 2.45) is 5.92 Å². The van der Waals surface area contributed by atoms with Crippen LogP contribution in [0, 0.1) is 12.8 Å². The number of halogens is 3. The average Bonchev–Trinajstić information content (AvgIpc) is 3.10. The Kier molecular flexibility index (Phi) is 5.89. The molecule has 2 aromatic heterocycles. The van der Waals surface area contributed by atoms with Gasteiger partial charge in [-0.3, -0.25) is 4.90 Å². The first-order valence-electron chi connectivity index (χ1n) is 10.6. The molecular formula is C20H29F3N6O. The molecule has 2 aliphatic heterocycles. The molecule has 0 saturated carbocycles. The topological polar surface area (TPSA) is 58.8 Å². The molecule has 4 heterocycles. The van der Waals surface area contributed by atoms with Crippen molar-refractivity contribution in [2.45, 2.75) is 58.4 Å². The molecule has 0 aliphatic carbocycles. The molecule has 166 valence electrons. The van der Waals surface area contributed by atoms with Crippen LogP contribution in [0.15, 0.2) is 6.07 Å². The number of rotatable bonds is 4. The van der Waals surface area contributed by atoms with Crippen molar-refractivity contribution in [3.8, 4) is 0 Å². The van der Waals surface area contributed by atoms with Gasteiger partial charge in [0.05, 0.1) is 12.2 Å². The van der Waals surface area contributed by atoms with Gasteiger partial charge < -0.3 is 9.64 Å². The third kappa shape index (κ3) is 4.69. The minimum Gasteiger partial charge on any atom is -0.373 e. The van der Waals surface area contributed by atoms with Crippen LogP contribution in [0.5, 0.6) is 0 Å². The van der Waals surface area contributed by atoms with E-state index in [1.807, 2.05) is 0 Å². The van der Waals surface area contributed by atoms with Crippen LogP contribution in [0.1, 0.15) is 44.6 Å². The van der Waals surface area contributed by atoms with Crippen molar-refractivity contribution in [1.29, 1.82) is 0 Å². The number of nitrogens with zero attached hydrogens (tertiary/aromatic N) is 6. The maximum atomic E-state index is 13.0. The molecule has 0 N–H and O–H groups in total. The molecule has 30 heavy (non-hydrogen) atoms. The molecule has 0 aromatic carbocycles. The molecule has 0 bridgehead atoms. The second-order valence-electron chi connectivity index (χ2n) is 8.64. The predicted molar refractivity (Wildman–Crippen MR) is 107 cm³/mol. The van der Waals surface area contributed by atoms with Crippen LogP contribution in [-0.2, 0) is 10.9 Å². The van der Waals surface area contributed by atoms with Crippen molar-refractivity contribution >= 4 is 11.6 Å². The summed E-state index contributed by atoms with van der Waals surface area (Å²) in [5.74, 6) is 0.102. The van der Waals surface area contributed by atoms with E-state index in [-0.39, 0.29) is 18.0 Å². The van der Waals surface area contributed by atoms with E-state index >= 15 is 0 Å². The second kappa shape index (κ2) is 8.30. The lowest BCUT2D eigenvalue weighted by Crippen LogP contribution is -2.46. The Bertz CT molecular complexity index is 867. The highest BCUT2D eigenvalue weighted by Gasteiger charge is 2.37. The Morgan fingerprint density at radius 1 is 1.10 bits per heavy atom. The molecule has 0 radical (unpaired) electrons. The normalized spacial score (nSPS) is 24.7. The summed E-state index contributed by atoms with van der Waals surface area (Å²) in [6.07, 6.45) is -0.868. The van der Waals surface area contributed by atoms with E-state index in [4.69, 9.17) is 4.74 Å². The first-order chi connectivity index (χ1) is 14.2. The van der Waals surface area contributed by atoms with Crippen molar-refractivity contribution in [3.63, 3.8) is 0 Å². The smallest absolute Gasteiger partial charge is 0.373 e. The third-order valence-corrected chi connectivity index (χ3v) is 5.96. The number of alkyl halides is 3. The highest BCUT2D eigenvalue weighted by atomic mass is 19.4. The molecule has 4 rings (SSSR count). The SMILES string of the molecule is Cc1cc(N2CCC(CCN3CC(C)OC(C)C3)CC2)n2nc(C(F)(F)F)nc2n1. The number of aromatic nitrogens is 4. The Morgan fingerprint density at radius 3 is 2.40 bits per heavy atom. The second-order valence-corrected chi connectivity index (χ2v) is 8.64. The summed E-state index contributed by atoms with van der Waals surface area (Å²) in [7, 11) is 0. The van der Waals surface area contributed by atoms with Crippen LogP contribution in [0.25, 0.3) is 5.78 Å². The number of hydrogen-bond donors (Lipinski definition) is 0. The van der Waals surface area contributed by atoms with E-state index in [0.29, 0.717) is 17.4 Å². The van der Waals surface area contributed by atoms with E-state index in [2.05, 4.69) is 38.7 Å². The average molecular weight is 426 g/mol. The Labute approximate surface area is 174 Å². The first kappa shape index (κ1) is 21.3. The lowest BCUT2D eigenvalue weighted by Gasteiger charge is -2.37. The van der Waals surface area contributed by atoms with Gasteiger partial charge >= 0.3 is 6.18 Å². The molecule has 2 aliphatic rings. The molecule has 7 nitrogen and oxygen atoms in total. The molecule has 0 spiro atoms. The quantitative estimate of drug-likeness (QED) is 0.749. The van der Waals surface area contributed by atoms with Gasteiger partial charge in [0.15, 0.2) is 0 Å². The van der Waals surface area contributed by atoms with E-state index in [1.165, 1.54) is 4.52 Å². The van der Waals surface area contributed by atoms with Gasteiger partial charge in [-0.25, -0.2) is 4.98 Å². The summed E-state index contributed by atoms with van der Waals surface area (Å²) in [6, 6.07) is 1.79. The van der Waals surface area contributed by atoms with Gasteiger partial charge in [-0.05, 0) is 52.5 Å². The zero-order valence-corrected chi connectivity index (χ0v) is 17.7. The fourth-order valence-corrected chi connectivity index (χ4v) is 4.60. The number of ether oxygens (including phenoxy) is 1. The maximum Gasteiger partial charge on any atom is 0.453 e. The minimum absolute atomic E-state index is 0.00462. The number of piperidine rings is 1. The summed E-state index contributed by atoms with van der Waals surface area (Å²) in [5, 5.41) is 3.69. The fourth-order valence-electron chi connectivity index (χ4n) is 4.60. The molecule has 2 saturated heterocycles. The third-order valence-electron chi connectivity index (χ3n) is 5.96. The Hall–Kier alpha value is -1.94. The fraction of sp³-hybridized carbons (Fsp3) is 0.750. The van der Waals surface area contributed by atoms with Gasteiger partial charge in [-0.1, -0.05) is 0 Å². The van der Waals surface area contributed by atoms with Crippen molar-refractivity contribution < 1.29 is 17.9 Å². The summed E-state index contributed by atoms with van der Waals surface area (Å²) < 4.78 is 46.2. The summed E-state index contributed by atoms with van der Waals surface area (Å²) in [6.45, 7) is 10.6. The maximum absolute atomic E-state index is 13.0. The molecular weight excluding hydrogens is 397 g/mol. The van der Waals surface area contributed by atoms with Crippen molar-refractivity contribution in [3.05, 3.63) is 17.6 Å². The first-order valence-corrected chi connectivity index (χ1v) is 10.6. The van der Waals surface area contributed by atoms with Crippen molar-refractivity contribution in [2.75, 3.05) is 37.6 Å².